The Labute approximate surface area is 178 Å². The van der Waals surface area contributed by atoms with Crippen LogP contribution < -0.4 is 0 Å². The summed E-state index contributed by atoms with van der Waals surface area (Å²) in [6.45, 7) is 3.65. The standard InChI is InChI=1S/C22H20O6S2/c1-3-28-22(25)16-9-6-8-15(11-16)18-12-17(20(29-18)21(23)24)13-30(26,27)19-10-5-4-7-14(19)2/h4-12H,3,13H2,1-2H3,(H,23,24). The quantitative estimate of drug-likeness (QED) is 0.536. The maximum absolute atomic E-state index is 12.9. The Morgan fingerprint density at radius 3 is 2.47 bits per heavy atom. The normalized spacial score (nSPS) is 11.3. The number of rotatable bonds is 7. The number of aryl methyl sites for hydroxylation is 1. The van der Waals surface area contributed by atoms with E-state index in [4.69, 9.17) is 4.74 Å². The largest absolute Gasteiger partial charge is 0.477 e. The SMILES string of the molecule is CCOC(=O)c1cccc(-c2cc(CS(=O)(=O)c3ccccc3C)c(C(=O)O)s2)c1. The summed E-state index contributed by atoms with van der Waals surface area (Å²) in [5.41, 5.74) is 1.78. The van der Waals surface area contributed by atoms with Crippen LogP contribution >= 0.6 is 11.3 Å². The third-order valence-electron chi connectivity index (χ3n) is 4.44. The number of hydrogen-bond donors (Lipinski definition) is 1. The Balaban J connectivity index is 2.01. The summed E-state index contributed by atoms with van der Waals surface area (Å²) in [4.78, 5) is 24.5. The fraction of sp³-hybridized carbons (Fsp3) is 0.182. The summed E-state index contributed by atoms with van der Waals surface area (Å²) in [6.07, 6.45) is 0. The first-order valence-corrected chi connectivity index (χ1v) is 11.6. The van der Waals surface area contributed by atoms with E-state index in [1.54, 1.807) is 62.4 Å². The molecule has 3 rings (SSSR count). The summed E-state index contributed by atoms with van der Waals surface area (Å²) in [7, 11) is -3.73. The predicted molar refractivity (Wildman–Crippen MR) is 115 cm³/mol. The second kappa shape index (κ2) is 8.81. The van der Waals surface area contributed by atoms with Crippen LogP contribution in [0.5, 0.6) is 0 Å². The summed E-state index contributed by atoms with van der Waals surface area (Å²) >= 11 is 0.978. The van der Waals surface area contributed by atoms with Crippen molar-refractivity contribution in [3.63, 3.8) is 0 Å². The average molecular weight is 445 g/mol. The molecule has 0 saturated heterocycles. The minimum absolute atomic E-state index is 0.0382. The minimum Gasteiger partial charge on any atom is -0.477 e. The lowest BCUT2D eigenvalue weighted by Gasteiger charge is -2.07. The third kappa shape index (κ3) is 4.60. The summed E-state index contributed by atoms with van der Waals surface area (Å²) in [5, 5.41) is 9.60. The molecule has 6 nitrogen and oxygen atoms in total. The van der Waals surface area contributed by atoms with Gasteiger partial charge in [0.15, 0.2) is 9.84 Å². The van der Waals surface area contributed by atoms with Crippen molar-refractivity contribution >= 4 is 33.1 Å². The number of aromatic carboxylic acids is 1. The van der Waals surface area contributed by atoms with E-state index in [-0.39, 0.29) is 21.9 Å². The zero-order valence-electron chi connectivity index (χ0n) is 16.4. The minimum atomic E-state index is -3.73. The van der Waals surface area contributed by atoms with Crippen molar-refractivity contribution < 1.29 is 27.9 Å². The van der Waals surface area contributed by atoms with Gasteiger partial charge in [-0.3, -0.25) is 0 Å². The van der Waals surface area contributed by atoms with E-state index in [1.165, 1.54) is 6.07 Å². The van der Waals surface area contributed by atoms with Crippen LogP contribution in [-0.4, -0.2) is 32.1 Å². The molecule has 2 aromatic carbocycles. The smallest absolute Gasteiger partial charge is 0.346 e. The molecule has 156 valence electrons. The molecule has 30 heavy (non-hydrogen) atoms. The average Bonchev–Trinajstić information content (AvgIpc) is 3.12. The first-order valence-electron chi connectivity index (χ1n) is 9.15. The number of carboxylic acid groups (broad SMARTS) is 1. The fourth-order valence-corrected chi connectivity index (χ4v) is 5.80. The number of esters is 1. The van der Waals surface area contributed by atoms with Crippen molar-refractivity contribution in [2.24, 2.45) is 0 Å². The van der Waals surface area contributed by atoms with Crippen LogP contribution in [0.2, 0.25) is 0 Å². The lowest BCUT2D eigenvalue weighted by Crippen LogP contribution is -2.08. The van der Waals surface area contributed by atoms with Crippen molar-refractivity contribution in [2.75, 3.05) is 6.61 Å². The van der Waals surface area contributed by atoms with Gasteiger partial charge >= 0.3 is 11.9 Å². The van der Waals surface area contributed by atoms with Crippen molar-refractivity contribution in [1.82, 2.24) is 0 Å². The topological polar surface area (TPSA) is 97.7 Å². The van der Waals surface area contributed by atoms with Gasteiger partial charge in [-0.05, 0) is 54.8 Å². The Kier molecular flexibility index (Phi) is 6.38. The highest BCUT2D eigenvalue weighted by Gasteiger charge is 2.24. The first kappa shape index (κ1) is 21.7. The molecular weight excluding hydrogens is 424 g/mol. The Bertz CT molecular complexity index is 1210. The van der Waals surface area contributed by atoms with Gasteiger partial charge in [0.1, 0.15) is 4.88 Å². The number of benzene rings is 2. The van der Waals surface area contributed by atoms with Gasteiger partial charge in [-0.15, -0.1) is 11.3 Å². The highest BCUT2D eigenvalue weighted by atomic mass is 32.2. The number of sulfone groups is 1. The Morgan fingerprint density at radius 1 is 1.07 bits per heavy atom. The monoisotopic (exact) mass is 444 g/mol. The number of carbonyl (C=O) groups excluding carboxylic acids is 1. The Morgan fingerprint density at radius 2 is 1.80 bits per heavy atom. The van der Waals surface area contributed by atoms with Crippen LogP contribution in [0.15, 0.2) is 59.5 Å². The summed E-state index contributed by atoms with van der Waals surface area (Å²) in [5.74, 6) is -2.09. The Hall–Kier alpha value is -2.97. The maximum atomic E-state index is 12.9. The zero-order chi connectivity index (χ0) is 21.9. The van der Waals surface area contributed by atoms with Crippen LogP contribution in [0.4, 0.5) is 0 Å². The number of carbonyl (C=O) groups is 2. The van der Waals surface area contributed by atoms with Crippen molar-refractivity contribution in [3.05, 3.63) is 76.2 Å². The zero-order valence-corrected chi connectivity index (χ0v) is 18.0. The molecule has 0 atom stereocenters. The molecule has 3 aromatic rings. The predicted octanol–water partition coefficient (Wildman–Crippen LogP) is 4.57. The highest BCUT2D eigenvalue weighted by molar-refractivity contribution is 7.90. The van der Waals surface area contributed by atoms with Crippen LogP contribution in [-0.2, 0) is 20.3 Å². The number of hydrogen-bond acceptors (Lipinski definition) is 6. The molecule has 8 heteroatoms. The van der Waals surface area contributed by atoms with Crippen molar-refractivity contribution in [1.29, 1.82) is 0 Å². The van der Waals surface area contributed by atoms with Gasteiger partial charge in [-0.1, -0.05) is 30.3 Å². The molecule has 0 aliphatic carbocycles. The molecule has 0 spiro atoms. The first-order chi connectivity index (χ1) is 14.2. The number of carboxylic acids is 1. The van der Waals surface area contributed by atoms with Crippen molar-refractivity contribution in [2.45, 2.75) is 24.5 Å². The molecule has 0 radical (unpaired) electrons. The van der Waals surface area contributed by atoms with Gasteiger partial charge in [0, 0.05) is 4.88 Å². The molecule has 0 amide bonds. The van der Waals surface area contributed by atoms with E-state index in [2.05, 4.69) is 0 Å². The van der Waals surface area contributed by atoms with Crippen molar-refractivity contribution in [3.8, 4) is 10.4 Å². The lowest BCUT2D eigenvalue weighted by molar-refractivity contribution is 0.0526. The molecule has 1 aromatic heterocycles. The molecule has 0 unspecified atom stereocenters. The van der Waals surface area contributed by atoms with Crippen LogP contribution in [0.1, 0.15) is 38.1 Å². The molecule has 0 aliphatic heterocycles. The second-order valence-corrected chi connectivity index (χ2v) is 9.61. The molecule has 0 aliphatic rings. The van der Waals surface area contributed by atoms with E-state index >= 15 is 0 Å². The van der Waals surface area contributed by atoms with Crippen LogP contribution in [0.3, 0.4) is 0 Å². The number of ether oxygens (including phenoxy) is 1. The molecular formula is C22H20O6S2. The summed E-state index contributed by atoms with van der Waals surface area (Å²) < 4.78 is 30.8. The van der Waals surface area contributed by atoms with Gasteiger partial charge < -0.3 is 9.84 Å². The maximum Gasteiger partial charge on any atom is 0.346 e. The molecule has 1 N–H and O–H groups in total. The molecule has 0 bridgehead atoms. The van der Waals surface area contributed by atoms with E-state index in [0.717, 1.165) is 11.3 Å². The van der Waals surface area contributed by atoms with E-state index in [0.29, 0.717) is 21.6 Å². The molecule has 0 fully saturated rings. The number of thiophene rings is 1. The van der Waals surface area contributed by atoms with Gasteiger partial charge in [0.25, 0.3) is 0 Å². The third-order valence-corrected chi connectivity index (χ3v) is 7.47. The fourth-order valence-electron chi connectivity index (χ4n) is 3.06. The second-order valence-electron chi connectivity index (χ2n) is 6.60. The van der Waals surface area contributed by atoms with E-state index in [1.807, 2.05) is 0 Å². The van der Waals surface area contributed by atoms with Crippen LogP contribution in [0, 0.1) is 6.92 Å². The molecule has 1 heterocycles. The molecule has 0 saturated carbocycles. The lowest BCUT2D eigenvalue weighted by atomic mass is 10.1. The highest BCUT2D eigenvalue weighted by Crippen LogP contribution is 2.34. The van der Waals surface area contributed by atoms with Gasteiger partial charge in [0.05, 0.1) is 22.8 Å². The van der Waals surface area contributed by atoms with Gasteiger partial charge in [0.2, 0.25) is 0 Å². The van der Waals surface area contributed by atoms with Crippen LogP contribution in [0.25, 0.3) is 10.4 Å². The summed E-state index contributed by atoms with van der Waals surface area (Å²) in [6, 6.07) is 14.8. The van der Waals surface area contributed by atoms with E-state index in [9.17, 15) is 23.1 Å². The van der Waals surface area contributed by atoms with E-state index < -0.39 is 27.5 Å². The van der Waals surface area contributed by atoms with Gasteiger partial charge in [-0.25, -0.2) is 18.0 Å². The van der Waals surface area contributed by atoms with Gasteiger partial charge in [-0.2, -0.15) is 0 Å².